The number of carboxylic acid groups (broad SMARTS) is 1. The number of nitrogens with one attached hydrogen (secondary N) is 2. The molecular formula is C37H42N6O10. The van der Waals surface area contributed by atoms with E-state index in [1.54, 1.807) is 19.1 Å². The van der Waals surface area contributed by atoms with Gasteiger partial charge >= 0.3 is 18.3 Å². The van der Waals surface area contributed by atoms with Gasteiger partial charge in [0.1, 0.15) is 31.0 Å². The molecule has 0 spiro atoms. The van der Waals surface area contributed by atoms with Gasteiger partial charge in [0.05, 0.1) is 30.8 Å². The summed E-state index contributed by atoms with van der Waals surface area (Å²) in [4.78, 5) is 42.7. The number of aliphatic hydroxyl groups excluding tert-OH is 1. The third-order valence-corrected chi connectivity index (χ3v) is 9.73. The molecule has 3 aromatic rings. The zero-order valence-electron chi connectivity index (χ0n) is 28.9. The maximum absolute atomic E-state index is 13.4. The molecule has 10 atom stereocenters. The fourth-order valence-electron chi connectivity index (χ4n) is 6.99. The molecule has 1 unspecified atom stereocenters. The summed E-state index contributed by atoms with van der Waals surface area (Å²) in [6.07, 6.45) is -9.28. The topological polar surface area (TPSA) is 214 Å². The highest BCUT2D eigenvalue weighted by Crippen LogP contribution is 2.35. The van der Waals surface area contributed by atoms with Crippen LogP contribution in [0.2, 0.25) is 0 Å². The van der Waals surface area contributed by atoms with E-state index in [-0.39, 0.29) is 26.2 Å². The molecule has 3 aliphatic rings. The summed E-state index contributed by atoms with van der Waals surface area (Å²) in [6.45, 7) is 1.83. The molecule has 6 rings (SSSR count). The molecule has 1 saturated carbocycles. The van der Waals surface area contributed by atoms with Gasteiger partial charge in [0.15, 0.2) is 12.4 Å². The summed E-state index contributed by atoms with van der Waals surface area (Å²) >= 11 is 0. The van der Waals surface area contributed by atoms with Crippen LogP contribution in [-0.2, 0) is 43.4 Å². The second kappa shape index (κ2) is 17.4. The molecule has 2 aliphatic heterocycles. The van der Waals surface area contributed by atoms with Gasteiger partial charge in [-0.15, -0.1) is 0 Å². The number of carbonyl (C=O) groups is 3. The first kappa shape index (κ1) is 37.4. The van der Waals surface area contributed by atoms with Gasteiger partial charge < -0.3 is 44.5 Å². The van der Waals surface area contributed by atoms with Crippen molar-refractivity contribution >= 4 is 18.3 Å². The van der Waals surface area contributed by atoms with Crippen LogP contribution < -0.4 is 10.6 Å². The maximum Gasteiger partial charge on any atom is 0.408 e. The van der Waals surface area contributed by atoms with Crippen molar-refractivity contribution in [3.05, 3.63) is 118 Å². The minimum absolute atomic E-state index is 0.0533. The molecule has 1 aliphatic carbocycles. The minimum Gasteiger partial charge on any atom is -0.465 e. The van der Waals surface area contributed by atoms with Crippen LogP contribution in [0, 0.1) is 0 Å². The average Bonchev–Trinajstić information content (AvgIpc) is 3.57. The van der Waals surface area contributed by atoms with E-state index in [1.807, 2.05) is 78.9 Å². The molecule has 3 aromatic carbocycles. The van der Waals surface area contributed by atoms with Crippen molar-refractivity contribution in [2.24, 2.45) is 5.11 Å². The number of hydrogen-bond donors (Lipinski definition) is 4. The van der Waals surface area contributed by atoms with Crippen LogP contribution in [0.5, 0.6) is 0 Å². The number of rotatable bonds is 13. The largest absolute Gasteiger partial charge is 0.465 e. The summed E-state index contributed by atoms with van der Waals surface area (Å²) in [7, 11) is 0. The number of benzene rings is 3. The quantitative estimate of drug-likeness (QED) is 0.107. The highest BCUT2D eigenvalue weighted by atomic mass is 16.7. The predicted octanol–water partition coefficient (Wildman–Crippen LogP) is 4.86. The Kier molecular flexibility index (Phi) is 12.3. The van der Waals surface area contributed by atoms with E-state index in [0.29, 0.717) is 6.42 Å². The van der Waals surface area contributed by atoms with Crippen molar-refractivity contribution < 1.29 is 48.3 Å². The van der Waals surface area contributed by atoms with Gasteiger partial charge in [0.25, 0.3) is 0 Å². The van der Waals surface area contributed by atoms with Crippen molar-refractivity contribution in [2.75, 3.05) is 0 Å². The Labute approximate surface area is 305 Å². The first-order chi connectivity index (χ1) is 25.7. The van der Waals surface area contributed by atoms with Gasteiger partial charge in [-0.05, 0) is 42.0 Å². The maximum atomic E-state index is 13.4. The summed E-state index contributed by atoms with van der Waals surface area (Å²) in [5.74, 6) is 0. The molecule has 0 bridgehead atoms. The van der Waals surface area contributed by atoms with Crippen molar-refractivity contribution in [3.63, 3.8) is 0 Å². The van der Waals surface area contributed by atoms with Crippen LogP contribution in [-0.4, -0.2) is 94.4 Å². The van der Waals surface area contributed by atoms with E-state index in [1.165, 1.54) is 4.90 Å². The normalized spacial score (nSPS) is 28.3. The van der Waals surface area contributed by atoms with Crippen LogP contribution >= 0.6 is 0 Å². The second-order valence-electron chi connectivity index (χ2n) is 13.2. The number of hydrogen-bond acceptors (Lipinski definition) is 10. The Bertz CT molecular complexity index is 1730. The molecule has 280 valence electrons. The number of nitrogens with zero attached hydrogens (tertiary/aromatic N) is 4. The molecule has 0 radical (unpaired) electrons. The van der Waals surface area contributed by atoms with Crippen LogP contribution in [0.1, 0.15) is 36.5 Å². The lowest BCUT2D eigenvalue weighted by Gasteiger charge is -2.47. The average molecular weight is 731 g/mol. The van der Waals surface area contributed by atoms with Crippen molar-refractivity contribution in [3.8, 4) is 0 Å². The first-order valence-corrected chi connectivity index (χ1v) is 17.4. The van der Waals surface area contributed by atoms with E-state index >= 15 is 0 Å². The Morgan fingerprint density at radius 1 is 0.981 bits per heavy atom. The molecule has 16 nitrogen and oxygen atoms in total. The van der Waals surface area contributed by atoms with Crippen LogP contribution in [0.3, 0.4) is 0 Å². The number of amides is 3. The van der Waals surface area contributed by atoms with Crippen LogP contribution in [0.15, 0.2) is 96.1 Å². The molecule has 2 heterocycles. The van der Waals surface area contributed by atoms with Gasteiger partial charge in [-0.25, -0.2) is 14.4 Å². The van der Waals surface area contributed by atoms with E-state index in [4.69, 9.17) is 23.7 Å². The number of azide groups is 1. The molecular weight excluding hydrogens is 688 g/mol. The summed E-state index contributed by atoms with van der Waals surface area (Å²) < 4.78 is 30.2. The van der Waals surface area contributed by atoms with Crippen LogP contribution in [0.4, 0.5) is 14.4 Å². The molecule has 2 saturated heterocycles. The highest BCUT2D eigenvalue weighted by molar-refractivity contribution is 5.71. The van der Waals surface area contributed by atoms with Crippen molar-refractivity contribution in [1.29, 1.82) is 0 Å². The smallest absolute Gasteiger partial charge is 0.408 e. The Hall–Kier alpha value is -5.38. The Balaban J connectivity index is 1.28. The monoisotopic (exact) mass is 730 g/mol. The third kappa shape index (κ3) is 9.17. The third-order valence-electron chi connectivity index (χ3n) is 9.73. The number of aliphatic hydroxyl groups is 1. The number of carbonyl (C=O) groups excluding carboxylic acids is 2. The van der Waals surface area contributed by atoms with Crippen LogP contribution in [0.25, 0.3) is 10.4 Å². The fourth-order valence-corrected chi connectivity index (χ4v) is 6.99. The standard InChI is InChI=1S/C37H42N6O10/c1-22(43(37(47)48)19-23-11-5-2-6-12-23)27-18-17-26(41-42-38)34(51-27)52-32-28(39-35(45)50-21-25-15-9-4-10-16-25)31(49-20-24-13-7-3-8-14-24)29-33(30(32)44)53-36(46)40-29/h2-16,22,26-34,44H,17-21H2,1H3,(H,39,45)(H,40,46)(H,47,48)/t22?,26-,27+,28+,29-,30+,31+,32-,33+,34-/m1/s1. The summed E-state index contributed by atoms with van der Waals surface area (Å²) in [6, 6.07) is 23.8. The Morgan fingerprint density at radius 2 is 1.60 bits per heavy atom. The van der Waals surface area contributed by atoms with Crippen molar-refractivity contribution in [1.82, 2.24) is 15.5 Å². The molecule has 3 fully saturated rings. The highest BCUT2D eigenvalue weighted by Gasteiger charge is 2.58. The fraction of sp³-hybridized carbons (Fsp3) is 0.432. The van der Waals surface area contributed by atoms with E-state index < -0.39 is 79.3 Å². The zero-order chi connectivity index (χ0) is 37.3. The zero-order valence-corrected chi connectivity index (χ0v) is 28.9. The molecule has 4 N–H and O–H groups in total. The van der Waals surface area contributed by atoms with Gasteiger partial charge in [-0.1, -0.05) is 96.1 Å². The van der Waals surface area contributed by atoms with Gasteiger partial charge in [-0.3, -0.25) is 4.90 Å². The van der Waals surface area contributed by atoms with Gasteiger partial charge in [-0.2, -0.15) is 0 Å². The van der Waals surface area contributed by atoms with E-state index in [0.717, 1.165) is 16.7 Å². The van der Waals surface area contributed by atoms with Gasteiger partial charge in [0, 0.05) is 11.5 Å². The summed E-state index contributed by atoms with van der Waals surface area (Å²) in [5, 5.41) is 31.3. The molecule has 16 heteroatoms. The lowest BCUT2D eigenvalue weighted by molar-refractivity contribution is -0.268. The van der Waals surface area contributed by atoms with Crippen molar-refractivity contribution in [2.45, 2.75) is 101 Å². The van der Waals surface area contributed by atoms with E-state index in [9.17, 15) is 30.1 Å². The Morgan fingerprint density at radius 3 is 2.23 bits per heavy atom. The molecule has 3 amide bonds. The SMILES string of the molecule is CC([C@@H]1CC[C@@H](N=[N+]=[N-])[C@@H](O[C@H]2[C@H](O)[C@H]3OC(=O)N[C@@H]3[C@@H](OCc3ccccc3)[C@@H]2NC(=O)OCc2ccccc2)O1)N(Cc1ccccc1)C(=O)O. The molecule has 53 heavy (non-hydrogen) atoms. The second-order valence-corrected chi connectivity index (χ2v) is 13.2. The minimum atomic E-state index is -1.53. The van der Waals surface area contributed by atoms with Gasteiger partial charge in [0.2, 0.25) is 0 Å². The van der Waals surface area contributed by atoms with E-state index in [2.05, 4.69) is 20.7 Å². The lowest BCUT2D eigenvalue weighted by Crippen LogP contribution is -2.71. The number of alkyl carbamates (subject to hydrolysis) is 2. The number of ether oxygens (including phenoxy) is 5. The predicted molar refractivity (Wildman–Crippen MR) is 187 cm³/mol. The first-order valence-electron chi connectivity index (χ1n) is 17.4. The molecule has 0 aromatic heterocycles. The lowest BCUT2D eigenvalue weighted by atomic mass is 9.81. The summed E-state index contributed by atoms with van der Waals surface area (Å²) in [5.41, 5.74) is 11.8. The number of fused-ring (bicyclic) bond motifs is 1.